The normalized spacial score (nSPS) is 36.4. The van der Waals surface area contributed by atoms with E-state index < -0.39 is 17.4 Å². The van der Waals surface area contributed by atoms with Gasteiger partial charge in [0.25, 0.3) is 0 Å². The zero-order chi connectivity index (χ0) is 12.6. The van der Waals surface area contributed by atoms with Gasteiger partial charge < -0.3 is 15.7 Å². The average Bonchev–Trinajstić information content (AvgIpc) is 2.34. The number of carbonyl (C=O) groups excluding carboxylic acids is 1. The van der Waals surface area contributed by atoms with Crippen LogP contribution in [0.25, 0.3) is 0 Å². The van der Waals surface area contributed by atoms with Crippen molar-refractivity contribution in [3.8, 4) is 0 Å². The minimum Gasteiger partial charge on any atom is -0.481 e. The van der Waals surface area contributed by atoms with Crippen molar-refractivity contribution in [1.29, 1.82) is 0 Å². The number of aliphatic carboxylic acids is 1. The topological polar surface area (TPSA) is 83.6 Å². The van der Waals surface area contributed by atoms with E-state index in [2.05, 4.69) is 0 Å². The van der Waals surface area contributed by atoms with E-state index in [0.29, 0.717) is 18.1 Å². The number of nitrogens with two attached hydrogens (primary N) is 1. The van der Waals surface area contributed by atoms with Crippen LogP contribution in [0.5, 0.6) is 0 Å². The predicted molar refractivity (Wildman–Crippen MR) is 69.0 cm³/mol. The molecule has 2 fully saturated rings. The van der Waals surface area contributed by atoms with Gasteiger partial charge in [0, 0.05) is 18.1 Å². The summed E-state index contributed by atoms with van der Waals surface area (Å²) < 4.78 is 0. The van der Waals surface area contributed by atoms with Crippen LogP contribution in [-0.2, 0) is 9.59 Å². The molecule has 7 heteroatoms. The summed E-state index contributed by atoms with van der Waals surface area (Å²) in [6.45, 7) is 2.31. The molecule has 2 rings (SSSR count). The first-order valence-electron chi connectivity index (χ1n) is 5.50. The van der Waals surface area contributed by atoms with Crippen LogP contribution < -0.4 is 5.73 Å². The molecule has 3 atom stereocenters. The van der Waals surface area contributed by atoms with Gasteiger partial charge in [-0.05, 0) is 5.75 Å². The summed E-state index contributed by atoms with van der Waals surface area (Å²) in [4.78, 5) is 24.6. The second-order valence-electron chi connectivity index (χ2n) is 4.42. The second kappa shape index (κ2) is 4.70. The largest absolute Gasteiger partial charge is 0.481 e. The monoisotopic (exact) mass is 276 g/mol. The van der Waals surface area contributed by atoms with E-state index in [4.69, 9.17) is 5.73 Å². The van der Waals surface area contributed by atoms with Crippen molar-refractivity contribution in [2.75, 3.05) is 23.8 Å². The Morgan fingerprint density at radius 2 is 2.47 bits per heavy atom. The van der Waals surface area contributed by atoms with Gasteiger partial charge in [0.05, 0.1) is 0 Å². The molecule has 1 amide bonds. The standard InChI is InChI=1S/C10H16N2O3S2/c1-2-16-4-10(9(14)15)3-12-7(13)6(11)8(12)17-5-10/h6,8H,2-5,11H2,1H3,(H,14,15)/t6?,8-,10?/m1/s1. The Hall–Kier alpha value is -0.400. The van der Waals surface area contributed by atoms with Crippen LogP contribution >= 0.6 is 23.5 Å². The van der Waals surface area contributed by atoms with Gasteiger partial charge in [-0.25, -0.2) is 0 Å². The van der Waals surface area contributed by atoms with E-state index in [1.54, 1.807) is 16.7 Å². The number of carbonyl (C=O) groups is 2. The number of amides is 1. The summed E-state index contributed by atoms with van der Waals surface area (Å²) in [5, 5.41) is 9.39. The maximum Gasteiger partial charge on any atom is 0.313 e. The fraction of sp³-hybridized carbons (Fsp3) is 0.800. The summed E-state index contributed by atoms with van der Waals surface area (Å²) >= 11 is 3.10. The number of β-lactam (4-membered cyclic amide) rings is 1. The molecule has 0 aromatic carbocycles. The van der Waals surface area contributed by atoms with Crippen molar-refractivity contribution in [2.24, 2.45) is 11.1 Å². The number of thioether (sulfide) groups is 2. The van der Waals surface area contributed by atoms with E-state index in [-0.39, 0.29) is 11.3 Å². The van der Waals surface area contributed by atoms with E-state index in [1.165, 1.54) is 11.8 Å². The molecule has 0 spiro atoms. The predicted octanol–water partition coefficient (Wildman–Crippen LogP) is 0.0529. The highest BCUT2D eigenvalue weighted by Gasteiger charge is 2.55. The van der Waals surface area contributed by atoms with Crippen molar-refractivity contribution < 1.29 is 14.7 Å². The fourth-order valence-corrected chi connectivity index (χ4v) is 4.63. The third-order valence-electron chi connectivity index (χ3n) is 3.22. The lowest BCUT2D eigenvalue weighted by Crippen LogP contribution is -2.72. The third-order valence-corrected chi connectivity index (χ3v) is 6.00. The van der Waals surface area contributed by atoms with Gasteiger partial charge >= 0.3 is 5.97 Å². The number of fused-ring (bicyclic) bond motifs is 1. The van der Waals surface area contributed by atoms with Crippen LogP contribution in [0.3, 0.4) is 0 Å². The zero-order valence-electron chi connectivity index (χ0n) is 9.59. The molecular formula is C10H16N2O3S2. The van der Waals surface area contributed by atoms with Crippen LogP contribution in [0.1, 0.15) is 6.92 Å². The first-order valence-corrected chi connectivity index (χ1v) is 7.71. The lowest BCUT2D eigenvalue weighted by atomic mass is 9.89. The molecule has 2 heterocycles. The Kier molecular flexibility index (Phi) is 3.61. The summed E-state index contributed by atoms with van der Waals surface area (Å²) in [7, 11) is 0. The number of carboxylic acid groups (broad SMARTS) is 1. The molecule has 0 bridgehead atoms. The minimum absolute atomic E-state index is 0.0124. The Labute approximate surface area is 108 Å². The second-order valence-corrected chi connectivity index (χ2v) is 6.80. The average molecular weight is 276 g/mol. The maximum absolute atomic E-state index is 11.6. The molecular weight excluding hydrogens is 260 g/mol. The van der Waals surface area contributed by atoms with Gasteiger partial charge in [0.15, 0.2) is 0 Å². The molecule has 0 aromatic heterocycles. The molecule has 3 N–H and O–H groups in total. The van der Waals surface area contributed by atoms with Crippen molar-refractivity contribution in [3.63, 3.8) is 0 Å². The van der Waals surface area contributed by atoms with Gasteiger partial charge in [-0.3, -0.25) is 9.59 Å². The molecule has 0 aromatic rings. The summed E-state index contributed by atoms with van der Waals surface area (Å²) in [5.74, 6) is 1.05. The quantitative estimate of drug-likeness (QED) is 0.706. The molecule has 2 aliphatic rings. The SMILES string of the molecule is CCSCC1(C(=O)O)CS[C@@H]2C(N)C(=O)N2C1. The van der Waals surface area contributed by atoms with Gasteiger partial charge in [0.1, 0.15) is 16.8 Å². The summed E-state index contributed by atoms with van der Waals surface area (Å²) in [6, 6.07) is -0.439. The molecule has 2 saturated heterocycles. The van der Waals surface area contributed by atoms with Gasteiger partial charge in [-0.1, -0.05) is 6.92 Å². The number of nitrogens with zero attached hydrogens (tertiary/aromatic N) is 1. The first-order chi connectivity index (χ1) is 8.02. The minimum atomic E-state index is -0.808. The number of hydrogen-bond donors (Lipinski definition) is 2. The van der Waals surface area contributed by atoms with Gasteiger partial charge in [0.2, 0.25) is 5.91 Å². The van der Waals surface area contributed by atoms with Crippen LogP contribution in [0, 0.1) is 5.41 Å². The Balaban J connectivity index is 2.09. The highest BCUT2D eigenvalue weighted by molar-refractivity contribution is 8.00. The Morgan fingerprint density at radius 1 is 1.76 bits per heavy atom. The number of hydrogen-bond acceptors (Lipinski definition) is 5. The fourth-order valence-electron chi connectivity index (χ4n) is 2.10. The zero-order valence-corrected chi connectivity index (χ0v) is 11.2. The number of rotatable bonds is 4. The van der Waals surface area contributed by atoms with Crippen LogP contribution in [0.2, 0.25) is 0 Å². The molecule has 2 aliphatic heterocycles. The Bertz CT molecular complexity index is 352. The summed E-state index contributed by atoms with van der Waals surface area (Å²) in [5.41, 5.74) is 4.87. The maximum atomic E-state index is 11.6. The lowest BCUT2D eigenvalue weighted by molar-refractivity contribution is -0.155. The van der Waals surface area contributed by atoms with Gasteiger partial charge in [-0.15, -0.1) is 11.8 Å². The van der Waals surface area contributed by atoms with E-state index >= 15 is 0 Å². The molecule has 0 radical (unpaired) electrons. The molecule has 17 heavy (non-hydrogen) atoms. The molecule has 0 aliphatic carbocycles. The first kappa shape index (κ1) is 13.0. The summed E-state index contributed by atoms with van der Waals surface area (Å²) in [6.07, 6.45) is 0. The van der Waals surface area contributed by atoms with E-state index in [0.717, 1.165) is 5.75 Å². The Morgan fingerprint density at radius 3 is 3.06 bits per heavy atom. The van der Waals surface area contributed by atoms with Crippen LogP contribution in [0.15, 0.2) is 0 Å². The smallest absolute Gasteiger partial charge is 0.313 e. The third kappa shape index (κ3) is 2.04. The molecule has 0 saturated carbocycles. The molecule has 2 unspecified atom stereocenters. The number of carboxylic acids is 1. The van der Waals surface area contributed by atoms with E-state index in [1.807, 2.05) is 6.92 Å². The van der Waals surface area contributed by atoms with Crippen molar-refractivity contribution in [3.05, 3.63) is 0 Å². The van der Waals surface area contributed by atoms with Crippen LogP contribution in [0.4, 0.5) is 0 Å². The van der Waals surface area contributed by atoms with Crippen molar-refractivity contribution in [2.45, 2.75) is 18.3 Å². The van der Waals surface area contributed by atoms with Crippen molar-refractivity contribution >= 4 is 35.4 Å². The highest BCUT2D eigenvalue weighted by Crippen LogP contribution is 2.42. The highest BCUT2D eigenvalue weighted by atomic mass is 32.2. The van der Waals surface area contributed by atoms with Crippen LogP contribution in [-0.4, -0.2) is 57.1 Å². The molecule has 5 nitrogen and oxygen atoms in total. The van der Waals surface area contributed by atoms with E-state index in [9.17, 15) is 14.7 Å². The lowest BCUT2D eigenvalue weighted by Gasteiger charge is -2.52. The van der Waals surface area contributed by atoms with Crippen molar-refractivity contribution in [1.82, 2.24) is 4.90 Å². The molecule has 96 valence electrons. The van der Waals surface area contributed by atoms with Gasteiger partial charge in [-0.2, -0.15) is 11.8 Å².